The van der Waals surface area contributed by atoms with Crippen molar-refractivity contribution in [3.8, 4) is 5.69 Å². The van der Waals surface area contributed by atoms with Gasteiger partial charge in [-0.05, 0) is 67.6 Å². The summed E-state index contributed by atoms with van der Waals surface area (Å²) in [6.45, 7) is 4.50. The summed E-state index contributed by atoms with van der Waals surface area (Å²) >= 11 is 0. The molecule has 1 amide bonds. The smallest absolute Gasteiger partial charge is 0.352 e. The van der Waals surface area contributed by atoms with Gasteiger partial charge in [0.1, 0.15) is 5.82 Å². The fraction of sp³-hybridized carbons (Fsp3) is 0.333. The van der Waals surface area contributed by atoms with Gasteiger partial charge in [-0.15, -0.1) is 0 Å². The van der Waals surface area contributed by atoms with Crippen LogP contribution in [0.3, 0.4) is 0 Å². The summed E-state index contributed by atoms with van der Waals surface area (Å²) in [4.78, 5) is 39.2. The Labute approximate surface area is 189 Å². The Morgan fingerprint density at radius 2 is 2.00 bits per heavy atom. The SMILES string of the molecule is Cc1ccc(-n2nc(C(=O)NC[C@@H]3CCCO3)c(=O)n(Cc3cccc(F)c3)c2=O)cc1C. The Balaban J connectivity index is 1.79. The topological polar surface area (TPSA) is 95.2 Å². The molecule has 1 N–H and O–H groups in total. The number of benzene rings is 2. The first-order valence-electron chi connectivity index (χ1n) is 10.8. The first-order valence-corrected chi connectivity index (χ1v) is 10.8. The van der Waals surface area contributed by atoms with Crippen LogP contribution in [0.15, 0.2) is 52.1 Å². The number of hydrogen-bond donors (Lipinski definition) is 1. The van der Waals surface area contributed by atoms with Crippen LogP contribution in [0.2, 0.25) is 0 Å². The van der Waals surface area contributed by atoms with Crippen LogP contribution in [-0.2, 0) is 11.3 Å². The molecule has 3 aromatic rings. The van der Waals surface area contributed by atoms with Crippen molar-refractivity contribution in [2.75, 3.05) is 13.2 Å². The molecule has 1 saturated heterocycles. The standard InChI is InChI=1S/C24H25FN4O4/c1-15-8-9-19(11-16(15)2)29-24(32)28(14-17-5-3-6-18(25)12-17)23(31)21(27-29)22(30)26-13-20-7-4-10-33-20/h3,5-6,8-9,11-12,20H,4,7,10,13-14H2,1-2H3,(H,26,30)/t20-/m0/s1. The molecule has 1 atom stereocenters. The van der Waals surface area contributed by atoms with Crippen molar-refractivity contribution in [2.45, 2.75) is 39.3 Å². The van der Waals surface area contributed by atoms with Crippen molar-refractivity contribution < 1.29 is 13.9 Å². The number of carbonyl (C=O) groups is 1. The molecule has 0 bridgehead atoms. The minimum absolute atomic E-state index is 0.117. The molecule has 0 aliphatic carbocycles. The van der Waals surface area contributed by atoms with Gasteiger partial charge in [0, 0.05) is 13.2 Å². The fourth-order valence-corrected chi connectivity index (χ4v) is 3.74. The number of halogens is 1. The molecule has 172 valence electrons. The van der Waals surface area contributed by atoms with Gasteiger partial charge in [0.2, 0.25) is 5.69 Å². The second-order valence-corrected chi connectivity index (χ2v) is 8.18. The van der Waals surface area contributed by atoms with Gasteiger partial charge < -0.3 is 10.1 Å². The average Bonchev–Trinajstić information content (AvgIpc) is 3.31. The van der Waals surface area contributed by atoms with Crippen molar-refractivity contribution in [1.82, 2.24) is 19.7 Å². The van der Waals surface area contributed by atoms with Crippen molar-refractivity contribution in [1.29, 1.82) is 0 Å². The first kappa shape index (κ1) is 22.6. The highest BCUT2D eigenvalue weighted by molar-refractivity contribution is 5.91. The van der Waals surface area contributed by atoms with Crippen LogP contribution < -0.4 is 16.6 Å². The predicted octanol–water partition coefficient (Wildman–Crippen LogP) is 2.11. The fourth-order valence-electron chi connectivity index (χ4n) is 3.74. The lowest BCUT2D eigenvalue weighted by molar-refractivity contribution is 0.0849. The molecule has 4 rings (SSSR count). The molecule has 0 spiro atoms. The van der Waals surface area contributed by atoms with E-state index in [2.05, 4.69) is 10.4 Å². The number of hydrogen-bond acceptors (Lipinski definition) is 5. The third kappa shape index (κ3) is 4.93. The number of ether oxygens (including phenoxy) is 1. The Kier molecular flexibility index (Phi) is 6.50. The van der Waals surface area contributed by atoms with Crippen LogP contribution in [0.1, 0.15) is 40.0 Å². The normalized spacial score (nSPS) is 15.5. The third-order valence-electron chi connectivity index (χ3n) is 5.75. The molecule has 0 saturated carbocycles. The molecule has 0 radical (unpaired) electrons. The lowest BCUT2D eigenvalue weighted by Crippen LogP contribution is -2.46. The molecule has 9 heteroatoms. The van der Waals surface area contributed by atoms with E-state index in [4.69, 9.17) is 4.74 Å². The molecule has 33 heavy (non-hydrogen) atoms. The van der Waals surface area contributed by atoms with Crippen LogP contribution in [0.4, 0.5) is 4.39 Å². The molecule has 2 heterocycles. The Hall–Kier alpha value is -3.59. The minimum atomic E-state index is -0.839. The number of aromatic nitrogens is 3. The van der Waals surface area contributed by atoms with Gasteiger partial charge in [0.15, 0.2) is 0 Å². The highest BCUT2D eigenvalue weighted by atomic mass is 19.1. The number of nitrogens with one attached hydrogen (secondary N) is 1. The lowest BCUT2D eigenvalue weighted by Gasteiger charge is -2.14. The number of aryl methyl sites for hydroxylation is 2. The second kappa shape index (κ2) is 9.50. The maximum atomic E-state index is 13.7. The molecule has 1 aromatic heterocycles. The summed E-state index contributed by atoms with van der Waals surface area (Å²) in [7, 11) is 0. The largest absolute Gasteiger partial charge is 0.376 e. The van der Waals surface area contributed by atoms with Crippen molar-refractivity contribution in [2.24, 2.45) is 0 Å². The van der Waals surface area contributed by atoms with E-state index in [0.717, 1.165) is 33.2 Å². The van der Waals surface area contributed by atoms with Gasteiger partial charge >= 0.3 is 5.69 Å². The highest BCUT2D eigenvalue weighted by Crippen LogP contribution is 2.13. The van der Waals surface area contributed by atoms with E-state index in [-0.39, 0.29) is 19.2 Å². The van der Waals surface area contributed by atoms with Gasteiger partial charge in [-0.3, -0.25) is 14.2 Å². The van der Waals surface area contributed by atoms with E-state index in [0.29, 0.717) is 17.9 Å². The molecule has 8 nitrogen and oxygen atoms in total. The van der Waals surface area contributed by atoms with Crippen LogP contribution in [0, 0.1) is 19.7 Å². The molecule has 1 aliphatic heterocycles. The predicted molar refractivity (Wildman–Crippen MR) is 120 cm³/mol. The Morgan fingerprint density at radius 3 is 2.70 bits per heavy atom. The van der Waals surface area contributed by atoms with Gasteiger partial charge in [-0.1, -0.05) is 18.2 Å². The van der Waals surface area contributed by atoms with Crippen LogP contribution in [0.5, 0.6) is 0 Å². The number of nitrogens with zero attached hydrogens (tertiary/aromatic N) is 3. The van der Waals surface area contributed by atoms with E-state index < -0.39 is 28.7 Å². The van der Waals surface area contributed by atoms with Crippen LogP contribution in [0.25, 0.3) is 5.69 Å². The van der Waals surface area contributed by atoms with E-state index in [1.54, 1.807) is 18.2 Å². The summed E-state index contributed by atoms with van der Waals surface area (Å²) in [6, 6.07) is 10.9. The van der Waals surface area contributed by atoms with E-state index in [9.17, 15) is 18.8 Å². The third-order valence-corrected chi connectivity index (χ3v) is 5.75. The molecule has 2 aromatic carbocycles. The van der Waals surface area contributed by atoms with Crippen LogP contribution >= 0.6 is 0 Å². The van der Waals surface area contributed by atoms with Crippen molar-refractivity contribution in [3.05, 3.63) is 91.5 Å². The van der Waals surface area contributed by atoms with Gasteiger partial charge in [-0.25, -0.2) is 9.18 Å². The maximum Gasteiger partial charge on any atom is 0.352 e. The molecule has 1 aliphatic rings. The van der Waals surface area contributed by atoms with Crippen molar-refractivity contribution >= 4 is 5.91 Å². The Bertz CT molecular complexity index is 1310. The summed E-state index contributed by atoms with van der Waals surface area (Å²) in [6.07, 6.45) is 1.62. The number of rotatable bonds is 6. The lowest BCUT2D eigenvalue weighted by atomic mass is 10.1. The first-order chi connectivity index (χ1) is 15.8. The highest BCUT2D eigenvalue weighted by Gasteiger charge is 2.23. The quantitative estimate of drug-likeness (QED) is 0.618. The Morgan fingerprint density at radius 1 is 1.18 bits per heavy atom. The molecule has 1 fully saturated rings. The van der Waals surface area contributed by atoms with Gasteiger partial charge in [-0.2, -0.15) is 9.78 Å². The summed E-state index contributed by atoms with van der Waals surface area (Å²) in [5, 5.41) is 6.81. The van der Waals surface area contributed by atoms with E-state index in [1.165, 1.54) is 18.2 Å². The summed E-state index contributed by atoms with van der Waals surface area (Å²) < 4.78 is 21.1. The minimum Gasteiger partial charge on any atom is -0.376 e. The van der Waals surface area contributed by atoms with E-state index >= 15 is 0 Å². The monoisotopic (exact) mass is 452 g/mol. The maximum absolute atomic E-state index is 13.7. The molecular formula is C24H25FN4O4. The van der Waals surface area contributed by atoms with Crippen molar-refractivity contribution in [3.63, 3.8) is 0 Å². The molecular weight excluding hydrogens is 427 g/mol. The van der Waals surface area contributed by atoms with Gasteiger partial charge in [0.05, 0.1) is 18.3 Å². The zero-order chi connectivity index (χ0) is 23.5. The average molecular weight is 452 g/mol. The number of carbonyl (C=O) groups excluding carboxylic acids is 1. The molecule has 0 unspecified atom stereocenters. The zero-order valence-electron chi connectivity index (χ0n) is 18.5. The van der Waals surface area contributed by atoms with Crippen LogP contribution in [-0.4, -0.2) is 39.5 Å². The second-order valence-electron chi connectivity index (χ2n) is 8.18. The summed E-state index contributed by atoms with van der Waals surface area (Å²) in [5.74, 6) is -1.18. The zero-order valence-corrected chi connectivity index (χ0v) is 18.5. The van der Waals surface area contributed by atoms with Gasteiger partial charge in [0.25, 0.3) is 11.5 Å². The number of amides is 1. The van der Waals surface area contributed by atoms with E-state index in [1.807, 2.05) is 19.9 Å². The summed E-state index contributed by atoms with van der Waals surface area (Å²) in [5.41, 5.74) is 0.810.